The Balaban J connectivity index is 1.49. The molecule has 4 heteroatoms. The SMILES string of the molecule is O=C(c1ccc2c(c1)[C@@H]1C=CC[C@H]1[C@H](c1ccc(Br)cc1)N2)N1CCCC1. The van der Waals surface area contributed by atoms with Gasteiger partial charge in [-0.2, -0.15) is 0 Å². The Labute approximate surface area is 168 Å². The van der Waals surface area contributed by atoms with E-state index in [1.807, 2.05) is 11.0 Å². The van der Waals surface area contributed by atoms with Crippen molar-refractivity contribution < 1.29 is 4.79 Å². The number of carbonyl (C=O) groups excluding carboxylic acids is 1. The largest absolute Gasteiger partial charge is 0.378 e. The number of nitrogens with one attached hydrogen (secondary N) is 1. The molecule has 0 bridgehead atoms. The average molecular weight is 423 g/mol. The first-order valence-electron chi connectivity index (χ1n) is 9.82. The van der Waals surface area contributed by atoms with Crippen LogP contribution in [0, 0.1) is 5.92 Å². The van der Waals surface area contributed by atoms with Crippen molar-refractivity contribution in [1.82, 2.24) is 4.90 Å². The fourth-order valence-electron chi connectivity index (χ4n) is 4.83. The third-order valence-corrected chi connectivity index (χ3v) is 6.76. The fourth-order valence-corrected chi connectivity index (χ4v) is 5.09. The van der Waals surface area contributed by atoms with Crippen LogP contribution in [0.5, 0.6) is 0 Å². The fraction of sp³-hybridized carbons (Fsp3) is 0.348. The van der Waals surface area contributed by atoms with E-state index >= 15 is 0 Å². The van der Waals surface area contributed by atoms with Gasteiger partial charge in [0.15, 0.2) is 0 Å². The van der Waals surface area contributed by atoms with Crippen LogP contribution in [0.4, 0.5) is 5.69 Å². The quantitative estimate of drug-likeness (QED) is 0.646. The number of hydrogen-bond donors (Lipinski definition) is 1. The number of fused-ring (bicyclic) bond motifs is 3. The molecule has 2 aliphatic heterocycles. The first kappa shape index (κ1) is 17.1. The lowest BCUT2D eigenvalue weighted by Crippen LogP contribution is -2.30. The number of halogens is 1. The van der Waals surface area contributed by atoms with Crippen LogP contribution in [0.25, 0.3) is 0 Å². The molecule has 5 rings (SSSR count). The van der Waals surface area contributed by atoms with Gasteiger partial charge in [0.1, 0.15) is 0 Å². The van der Waals surface area contributed by atoms with Crippen LogP contribution < -0.4 is 5.32 Å². The van der Waals surface area contributed by atoms with Gasteiger partial charge in [-0.25, -0.2) is 0 Å². The molecule has 0 spiro atoms. The standard InChI is InChI=1S/C23H23BrN2O/c24-17-9-6-15(7-10-17)22-19-5-3-4-18(19)20-14-16(8-11-21(20)25-22)23(27)26-12-1-2-13-26/h3-4,6-11,14,18-19,22,25H,1-2,5,12-13H2/t18-,19-,22+/m1/s1. The van der Waals surface area contributed by atoms with Gasteiger partial charge in [0.2, 0.25) is 0 Å². The predicted octanol–water partition coefficient (Wildman–Crippen LogP) is 5.51. The van der Waals surface area contributed by atoms with E-state index in [2.05, 4.69) is 69.8 Å². The maximum Gasteiger partial charge on any atom is 0.253 e. The molecule has 138 valence electrons. The summed E-state index contributed by atoms with van der Waals surface area (Å²) in [7, 11) is 0. The van der Waals surface area contributed by atoms with Crippen LogP contribution in [-0.2, 0) is 0 Å². The molecule has 2 aromatic carbocycles. The van der Waals surface area contributed by atoms with Gasteiger partial charge in [0, 0.05) is 34.7 Å². The molecular formula is C23H23BrN2O. The molecule has 1 aliphatic carbocycles. The molecule has 3 nitrogen and oxygen atoms in total. The number of rotatable bonds is 2. The molecule has 0 saturated carbocycles. The lowest BCUT2D eigenvalue weighted by Gasteiger charge is -2.38. The third kappa shape index (κ3) is 3.00. The van der Waals surface area contributed by atoms with Gasteiger partial charge in [0.05, 0.1) is 6.04 Å². The molecule has 3 aliphatic rings. The summed E-state index contributed by atoms with van der Waals surface area (Å²) in [6, 6.07) is 15.2. The van der Waals surface area contributed by atoms with Gasteiger partial charge in [-0.15, -0.1) is 0 Å². The average Bonchev–Trinajstić information content (AvgIpc) is 3.39. The zero-order chi connectivity index (χ0) is 18.4. The van der Waals surface area contributed by atoms with Crippen molar-refractivity contribution in [2.75, 3.05) is 18.4 Å². The Hall–Kier alpha value is -2.07. The number of likely N-dealkylation sites (tertiary alicyclic amines) is 1. The topological polar surface area (TPSA) is 32.3 Å². The number of nitrogens with zero attached hydrogens (tertiary/aromatic N) is 1. The summed E-state index contributed by atoms with van der Waals surface area (Å²) < 4.78 is 1.11. The Kier molecular flexibility index (Phi) is 4.31. The van der Waals surface area contributed by atoms with Gasteiger partial charge >= 0.3 is 0 Å². The highest BCUT2D eigenvalue weighted by Crippen LogP contribution is 2.50. The number of allylic oxidation sites excluding steroid dienone is 2. The van der Waals surface area contributed by atoms with Crippen molar-refractivity contribution in [1.29, 1.82) is 0 Å². The van der Waals surface area contributed by atoms with Crippen LogP contribution in [0.15, 0.2) is 59.1 Å². The van der Waals surface area contributed by atoms with E-state index < -0.39 is 0 Å². The molecule has 3 atom stereocenters. The summed E-state index contributed by atoms with van der Waals surface area (Å²) in [5, 5.41) is 3.76. The molecule has 1 saturated heterocycles. The highest BCUT2D eigenvalue weighted by Gasteiger charge is 2.38. The van der Waals surface area contributed by atoms with Crippen molar-refractivity contribution >= 4 is 27.5 Å². The second-order valence-corrected chi connectivity index (χ2v) is 8.74. The Morgan fingerprint density at radius 1 is 1.07 bits per heavy atom. The minimum atomic E-state index is 0.184. The zero-order valence-electron chi connectivity index (χ0n) is 15.2. The number of amides is 1. The van der Waals surface area contributed by atoms with Crippen molar-refractivity contribution in [3.63, 3.8) is 0 Å². The molecule has 1 amide bonds. The Morgan fingerprint density at radius 2 is 1.85 bits per heavy atom. The third-order valence-electron chi connectivity index (χ3n) is 6.23. The molecule has 1 N–H and O–H groups in total. The predicted molar refractivity (Wildman–Crippen MR) is 112 cm³/mol. The second kappa shape index (κ2) is 6.83. The highest BCUT2D eigenvalue weighted by molar-refractivity contribution is 9.10. The summed E-state index contributed by atoms with van der Waals surface area (Å²) in [5.41, 5.74) is 4.58. The highest BCUT2D eigenvalue weighted by atomic mass is 79.9. The minimum Gasteiger partial charge on any atom is -0.378 e. The van der Waals surface area contributed by atoms with Gasteiger partial charge in [0.25, 0.3) is 5.91 Å². The van der Waals surface area contributed by atoms with E-state index in [1.165, 1.54) is 11.1 Å². The van der Waals surface area contributed by atoms with Crippen LogP contribution >= 0.6 is 15.9 Å². The normalized spacial score (nSPS) is 25.8. The summed E-state index contributed by atoms with van der Waals surface area (Å²) in [6.45, 7) is 1.79. The van der Waals surface area contributed by atoms with Crippen LogP contribution in [-0.4, -0.2) is 23.9 Å². The van der Waals surface area contributed by atoms with Crippen molar-refractivity contribution in [3.05, 3.63) is 75.8 Å². The zero-order valence-corrected chi connectivity index (χ0v) is 16.8. The molecule has 2 aromatic rings. The van der Waals surface area contributed by atoms with Gasteiger partial charge in [-0.1, -0.05) is 40.2 Å². The maximum atomic E-state index is 12.8. The number of hydrogen-bond acceptors (Lipinski definition) is 2. The lowest BCUT2D eigenvalue weighted by molar-refractivity contribution is 0.0792. The molecule has 0 radical (unpaired) electrons. The number of benzene rings is 2. The molecule has 27 heavy (non-hydrogen) atoms. The molecular weight excluding hydrogens is 400 g/mol. The maximum absolute atomic E-state index is 12.8. The molecule has 2 heterocycles. The molecule has 0 unspecified atom stereocenters. The van der Waals surface area contributed by atoms with E-state index in [0.29, 0.717) is 17.9 Å². The molecule has 1 fully saturated rings. The Bertz CT molecular complexity index is 899. The number of anilines is 1. The van der Waals surface area contributed by atoms with Gasteiger partial charge in [-0.05, 0) is 66.6 Å². The van der Waals surface area contributed by atoms with E-state index in [4.69, 9.17) is 0 Å². The van der Waals surface area contributed by atoms with Gasteiger partial charge in [-0.3, -0.25) is 4.79 Å². The molecule has 0 aromatic heterocycles. The minimum absolute atomic E-state index is 0.184. The first-order chi connectivity index (χ1) is 13.2. The first-order valence-corrected chi connectivity index (χ1v) is 10.6. The smallest absolute Gasteiger partial charge is 0.253 e. The van der Waals surface area contributed by atoms with Crippen molar-refractivity contribution in [2.24, 2.45) is 5.92 Å². The Morgan fingerprint density at radius 3 is 2.63 bits per heavy atom. The van der Waals surface area contributed by atoms with E-state index in [1.54, 1.807) is 0 Å². The van der Waals surface area contributed by atoms with Crippen LogP contribution in [0.3, 0.4) is 0 Å². The van der Waals surface area contributed by atoms with E-state index in [-0.39, 0.29) is 5.91 Å². The van der Waals surface area contributed by atoms with Crippen LogP contribution in [0.2, 0.25) is 0 Å². The van der Waals surface area contributed by atoms with Crippen molar-refractivity contribution in [2.45, 2.75) is 31.2 Å². The summed E-state index contributed by atoms with van der Waals surface area (Å²) in [5.74, 6) is 1.06. The van der Waals surface area contributed by atoms with Crippen molar-refractivity contribution in [3.8, 4) is 0 Å². The summed E-state index contributed by atoms with van der Waals surface area (Å²) >= 11 is 3.53. The van der Waals surface area contributed by atoms with E-state index in [9.17, 15) is 4.79 Å². The van der Waals surface area contributed by atoms with E-state index in [0.717, 1.165) is 48.1 Å². The van der Waals surface area contributed by atoms with Gasteiger partial charge < -0.3 is 10.2 Å². The second-order valence-electron chi connectivity index (χ2n) is 7.83. The van der Waals surface area contributed by atoms with Crippen LogP contribution in [0.1, 0.15) is 52.7 Å². The summed E-state index contributed by atoms with van der Waals surface area (Å²) in [4.78, 5) is 14.8. The summed E-state index contributed by atoms with van der Waals surface area (Å²) in [6.07, 6.45) is 7.95. The number of carbonyl (C=O) groups is 1. The monoisotopic (exact) mass is 422 g/mol. The lowest BCUT2D eigenvalue weighted by atomic mass is 9.76.